The molecule has 2 aromatic carbocycles. The molecule has 0 saturated carbocycles. The molecule has 1 atom stereocenters. The summed E-state index contributed by atoms with van der Waals surface area (Å²) in [5, 5.41) is 3.50. The monoisotopic (exact) mass is 283 g/mol. The molecule has 0 aliphatic rings. The number of hydrogen-bond donors (Lipinski definition) is 1. The van der Waals surface area contributed by atoms with Gasteiger partial charge in [0.15, 0.2) is 0 Å². The Morgan fingerprint density at radius 3 is 2.33 bits per heavy atom. The molecule has 21 heavy (non-hydrogen) atoms. The molecule has 0 spiro atoms. The Morgan fingerprint density at radius 2 is 1.71 bits per heavy atom. The lowest BCUT2D eigenvalue weighted by molar-refractivity contribution is 0.477. The molecule has 1 unspecified atom stereocenters. The minimum Gasteiger partial charge on any atom is -0.457 e. The summed E-state index contributed by atoms with van der Waals surface area (Å²) in [5.74, 6) is 1.79. The smallest absolute Gasteiger partial charge is 0.127 e. The van der Waals surface area contributed by atoms with E-state index in [9.17, 15) is 0 Å². The Morgan fingerprint density at radius 1 is 0.952 bits per heavy atom. The van der Waals surface area contributed by atoms with Gasteiger partial charge in [-0.25, -0.2) is 0 Å². The van der Waals surface area contributed by atoms with Crippen LogP contribution >= 0.6 is 0 Å². The zero-order valence-corrected chi connectivity index (χ0v) is 13.2. The van der Waals surface area contributed by atoms with E-state index in [2.05, 4.69) is 56.4 Å². The van der Waals surface area contributed by atoms with Crippen LogP contribution < -0.4 is 10.1 Å². The van der Waals surface area contributed by atoms with Gasteiger partial charge in [-0.1, -0.05) is 45.0 Å². The van der Waals surface area contributed by atoms with Crippen molar-refractivity contribution in [3.63, 3.8) is 0 Å². The topological polar surface area (TPSA) is 21.3 Å². The maximum Gasteiger partial charge on any atom is 0.127 e. The average Bonchev–Trinajstić information content (AvgIpc) is 2.53. The minimum atomic E-state index is 0.390. The molecule has 0 radical (unpaired) electrons. The summed E-state index contributed by atoms with van der Waals surface area (Å²) in [5.41, 5.74) is 2.61. The first kappa shape index (κ1) is 15.6. The molecule has 0 aliphatic carbocycles. The van der Waals surface area contributed by atoms with Crippen LogP contribution in [0.4, 0.5) is 0 Å². The van der Waals surface area contributed by atoms with Crippen molar-refractivity contribution in [2.45, 2.75) is 39.7 Å². The standard InChI is InChI=1S/C19H25NO/c1-4-15-10-12-17(13-11-15)21-18-9-7-8-16(14-18)19(5-2)20-6-3/h7-14,19-20H,4-6H2,1-3H3. The zero-order valence-electron chi connectivity index (χ0n) is 13.2. The predicted octanol–water partition coefficient (Wildman–Crippen LogP) is 5.10. The summed E-state index contributed by atoms with van der Waals surface area (Å²) in [4.78, 5) is 0. The van der Waals surface area contributed by atoms with Gasteiger partial charge in [0.05, 0.1) is 0 Å². The van der Waals surface area contributed by atoms with Crippen LogP contribution in [0.5, 0.6) is 11.5 Å². The van der Waals surface area contributed by atoms with Gasteiger partial charge in [0.25, 0.3) is 0 Å². The highest BCUT2D eigenvalue weighted by molar-refractivity contribution is 5.36. The van der Waals surface area contributed by atoms with E-state index in [0.717, 1.165) is 30.9 Å². The molecule has 0 aromatic heterocycles. The largest absolute Gasteiger partial charge is 0.457 e. The third kappa shape index (κ3) is 4.33. The maximum absolute atomic E-state index is 5.96. The quantitative estimate of drug-likeness (QED) is 0.763. The Hall–Kier alpha value is -1.80. The van der Waals surface area contributed by atoms with E-state index >= 15 is 0 Å². The minimum absolute atomic E-state index is 0.390. The van der Waals surface area contributed by atoms with Crippen molar-refractivity contribution in [3.05, 3.63) is 59.7 Å². The summed E-state index contributed by atoms with van der Waals surface area (Å²) >= 11 is 0. The van der Waals surface area contributed by atoms with Crippen molar-refractivity contribution in [2.24, 2.45) is 0 Å². The lowest BCUT2D eigenvalue weighted by Crippen LogP contribution is -2.19. The summed E-state index contributed by atoms with van der Waals surface area (Å²) in [6, 6.07) is 17.1. The van der Waals surface area contributed by atoms with E-state index in [0.29, 0.717) is 6.04 Å². The number of hydrogen-bond acceptors (Lipinski definition) is 2. The van der Waals surface area contributed by atoms with Gasteiger partial charge in [0.2, 0.25) is 0 Å². The van der Waals surface area contributed by atoms with E-state index in [1.807, 2.05) is 18.2 Å². The van der Waals surface area contributed by atoms with Gasteiger partial charge in [0, 0.05) is 6.04 Å². The summed E-state index contributed by atoms with van der Waals surface area (Å²) in [7, 11) is 0. The summed E-state index contributed by atoms with van der Waals surface area (Å²) in [6.45, 7) is 7.47. The van der Waals surface area contributed by atoms with E-state index in [1.165, 1.54) is 11.1 Å². The molecule has 0 amide bonds. The molecular weight excluding hydrogens is 258 g/mol. The molecule has 0 bridgehead atoms. The van der Waals surface area contributed by atoms with Crippen molar-refractivity contribution in [2.75, 3.05) is 6.54 Å². The molecule has 112 valence electrons. The number of ether oxygens (including phenoxy) is 1. The molecule has 2 rings (SSSR count). The van der Waals surface area contributed by atoms with Crippen LogP contribution in [-0.4, -0.2) is 6.54 Å². The van der Waals surface area contributed by atoms with E-state index in [4.69, 9.17) is 4.74 Å². The second-order valence-electron chi connectivity index (χ2n) is 5.19. The van der Waals surface area contributed by atoms with Crippen LogP contribution in [0.2, 0.25) is 0 Å². The van der Waals surface area contributed by atoms with Gasteiger partial charge in [0.1, 0.15) is 11.5 Å². The fraction of sp³-hybridized carbons (Fsp3) is 0.368. The molecular formula is C19H25NO. The van der Waals surface area contributed by atoms with Crippen LogP contribution in [0.3, 0.4) is 0 Å². The van der Waals surface area contributed by atoms with Crippen LogP contribution in [0.25, 0.3) is 0 Å². The van der Waals surface area contributed by atoms with Crippen molar-refractivity contribution in [3.8, 4) is 11.5 Å². The number of nitrogens with one attached hydrogen (secondary N) is 1. The molecule has 2 heteroatoms. The zero-order chi connectivity index (χ0) is 15.1. The van der Waals surface area contributed by atoms with Gasteiger partial charge >= 0.3 is 0 Å². The lowest BCUT2D eigenvalue weighted by Gasteiger charge is -2.17. The highest BCUT2D eigenvalue weighted by atomic mass is 16.5. The molecule has 2 nitrogen and oxygen atoms in total. The van der Waals surface area contributed by atoms with Crippen LogP contribution in [-0.2, 0) is 6.42 Å². The van der Waals surface area contributed by atoms with E-state index in [1.54, 1.807) is 0 Å². The molecule has 0 fully saturated rings. The first-order valence-electron chi connectivity index (χ1n) is 7.87. The van der Waals surface area contributed by atoms with Crippen molar-refractivity contribution in [1.29, 1.82) is 0 Å². The van der Waals surface area contributed by atoms with Crippen LogP contribution in [0.1, 0.15) is 44.4 Å². The Labute approximate surface area is 128 Å². The molecule has 0 heterocycles. The highest BCUT2D eigenvalue weighted by Crippen LogP contribution is 2.26. The van der Waals surface area contributed by atoms with Crippen molar-refractivity contribution in [1.82, 2.24) is 5.32 Å². The van der Waals surface area contributed by atoms with E-state index in [-0.39, 0.29) is 0 Å². The van der Waals surface area contributed by atoms with Gasteiger partial charge in [-0.2, -0.15) is 0 Å². The van der Waals surface area contributed by atoms with Gasteiger partial charge in [-0.05, 0) is 54.8 Å². The van der Waals surface area contributed by atoms with Crippen LogP contribution in [0, 0.1) is 0 Å². The third-order valence-electron chi connectivity index (χ3n) is 3.69. The SMILES string of the molecule is CCNC(CC)c1cccc(Oc2ccc(CC)cc2)c1. The van der Waals surface area contributed by atoms with E-state index < -0.39 is 0 Å². The molecule has 2 aromatic rings. The highest BCUT2D eigenvalue weighted by Gasteiger charge is 2.08. The fourth-order valence-corrected chi connectivity index (χ4v) is 2.47. The summed E-state index contributed by atoms with van der Waals surface area (Å²) < 4.78 is 5.96. The van der Waals surface area contributed by atoms with Gasteiger partial charge in [-0.15, -0.1) is 0 Å². The summed E-state index contributed by atoms with van der Waals surface area (Å²) in [6.07, 6.45) is 2.12. The fourth-order valence-electron chi connectivity index (χ4n) is 2.47. The number of benzene rings is 2. The normalized spacial score (nSPS) is 12.1. The Balaban J connectivity index is 2.12. The average molecular weight is 283 g/mol. The van der Waals surface area contributed by atoms with Gasteiger partial charge in [-0.3, -0.25) is 0 Å². The molecule has 0 aliphatic heterocycles. The number of rotatable bonds is 7. The van der Waals surface area contributed by atoms with Crippen molar-refractivity contribution >= 4 is 0 Å². The predicted molar refractivity (Wildman–Crippen MR) is 89.0 cm³/mol. The first-order chi connectivity index (χ1) is 10.3. The maximum atomic E-state index is 5.96. The Kier molecular flexibility index (Phi) is 5.82. The molecule has 1 N–H and O–H groups in total. The van der Waals surface area contributed by atoms with Gasteiger partial charge < -0.3 is 10.1 Å². The lowest BCUT2D eigenvalue weighted by atomic mass is 10.0. The third-order valence-corrected chi connectivity index (χ3v) is 3.69. The molecule has 0 saturated heterocycles. The first-order valence-corrected chi connectivity index (χ1v) is 7.87. The second kappa shape index (κ2) is 7.84. The van der Waals surface area contributed by atoms with Crippen molar-refractivity contribution < 1.29 is 4.74 Å². The number of aryl methyl sites for hydroxylation is 1. The second-order valence-corrected chi connectivity index (χ2v) is 5.19. The Bertz CT molecular complexity index is 548. The van der Waals surface area contributed by atoms with Crippen LogP contribution in [0.15, 0.2) is 48.5 Å².